The average molecular weight is 309 g/mol. The lowest BCUT2D eigenvalue weighted by atomic mass is 10.2. The van der Waals surface area contributed by atoms with Crippen LogP contribution in [0.5, 0.6) is 5.75 Å². The Morgan fingerprint density at radius 2 is 2.05 bits per heavy atom. The van der Waals surface area contributed by atoms with E-state index in [1.165, 1.54) is 0 Å². The van der Waals surface area contributed by atoms with Gasteiger partial charge in [-0.25, -0.2) is 13.1 Å². The molecule has 7 heteroatoms. The van der Waals surface area contributed by atoms with Crippen molar-refractivity contribution in [2.45, 2.75) is 18.0 Å². The Labute approximate surface area is 124 Å². The van der Waals surface area contributed by atoms with Gasteiger partial charge in [-0.2, -0.15) is 0 Å². The quantitative estimate of drug-likeness (QED) is 0.832. The van der Waals surface area contributed by atoms with Crippen LogP contribution in [0.4, 0.5) is 0 Å². The van der Waals surface area contributed by atoms with Crippen LogP contribution in [0.2, 0.25) is 0 Å². The molecule has 0 atom stereocenters. The highest BCUT2D eigenvalue weighted by Gasteiger charge is 2.17. The molecule has 0 saturated carbocycles. The van der Waals surface area contributed by atoms with Crippen LogP contribution in [-0.2, 0) is 30.2 Å². The van der Waals surface area contributed by atoms with Crippen LogP contribution in [0.1, 0.15) is 11.3 Å². The average Bonchev–Trinajstić information content (AvgIpc) is 2.87. The first kappa shape index (κ1) is 15.6. The van der Waals surface area contributed by atoms with Gasteiger partial charge in [-0.3, -0.25) is 0 Å². The van der Waals surface area contributed by atoms with Gasteiger partial charge in [-0.05, 0) is 12.1 Å². The van der Waals surface area contributed by atoms with Crippen molar-refractivity contribution in [2.24, 2.45) is 12.8 Å². The molecule has 3 N–H and O–H groups in total. The third-order valence-electron chi connectivity index (χ3n) is 3.25. The van der Waals surface area contributed by atoms with E-state index in [1.54, 1.807) is 37.1 Å². The lowest BCUT2D eigenvalue weighted by molar-refractivity contribution is 0.409. The van der Waals surface area contributed by atoms with Crippen LogP contribution < -0.4 is 15.2 Å². The van der Waals surface area contributed by atoms with Gasteiger partial charge in [0.05, 0.1) is 12.0 Å². The number of nitrogens with zero attached hydrogens (tertiary/aromatic N) is 1. The van der Waals surface area contributed by atoms with Crippen LogP contribution in [0.15, 0.2) is 41.4 Å². The fourth-order valence-corrected chi connectivity index (χ4v) is 3.13. The number of hydrogen-bond donors (Lipinski definition) is 2. The molecule has 6 nitrogen and oxygen atoms in total. The summed E-state index contributed by atoms with van der Waals surface area (Å²) < 4.78 is 34.0. The standard InChI is InChI=1S/C14H19N3O3S/c1-17-10-13(7-12(17)8-15)21(18,19)16-9-11-5-3-4-6-14(11)20-2/h3-7,10,16H,8-9,15H2,1-2H3. The van der Waals surface area contributed by atoms with E-state index in [0.717, 1.165) is 11.3 Å². The highest BCUT2D eigenvalue weighted by molar-refractivity contribution is 7.89. The Hall–Kier alpha value is -1.83. The van der Waals surface area contributed by atoms with Gasteiger partial charge >= 0.3 is 0 Å². The van der Waals surface area contributed by atoms with Crippen LogP contribution in [0.25, 0.3) is 0 Å². The molecule has 0 bridgehead atoms. The number of nitrogens with one attached hydrogen (secondary N) is 1. The maximum atomic E-state index is 12.3. The summed E-state index contributed by atoms with van der Waals surface area (Å²) in [6, 6.07) is 8.85. The van der Waals surface area contributed by atoms with Gasteiger partial charge in [0.15, 0.2) is 0 Å². The fourth-order valence-electron chi connectivity index (χ4n) is 2.03. The van der Waals surface area contributed by atoms with Gasteiger partial charge < -0.3 is 15.0 Å². The van der Waals surface area contributed by atoms with Gasteiger partial charge in [0.2, 0.25) is 10.0 Å². The van der Waals surface area contributed by atoms with E-state index >= 15 is 0 Å². The van der Waals surface area contributed by atoms with E-state index in [-0.39, 0.29) is 11.4 Å². The molecule has 1 aromatic heterocycles. The Kier molecular flexibility index (Phi) is 4.66. The van der Waals surface area contributed by atoms with E-state index < -0.39 is 10.0 Å². The minimum atomic E-state index is -3.58. The third-order valence-corrected chi connectivity index (χ3v) is 4.62. The highest BCUT2D eigenvalue weighted by atomic mass is 32.2. The number of ether oxygens (including phenoxy) is 1. The van der Waals surface area contributed by atoms with Crippen LogP contribution in [0.3, 0.4) is 0 Å². The highest BCUT2D eigenvalue weighted by Crippen LogP contribution is 2.18. The van der Waals surface area contributed by atoms with Gasteiger partial charge in [0, 0.05) is 37.6 Å². The Morgan fingerprint density at radius 1 is 1.33 bits per heavy atom. The van der Waals surface area contributed by atoms with E-state index in [2.05, 4.69) is 4.72 Å². The first-order chi connectivity index (χ1) is 9.97. The molecule has 0 aliphatic heterocycles. The van der Waals surface area contributed by atoms with Crippen molar-refractivity contribution < 1.29 is 13.2 Å². The van der Waals surface area contributed by atoms with E-state index in [0.29, 0.717) is 12.3 Å². The van der Waals surface area contributed by atoms with Crippen molar-refractivity contribution in [3.05, 3.63) is 47.8 Å². The van der Waals surface area contributed by atoms with Gasteiger partial charge in [0.25, 0.3) is 0 Å². The van der Waals surface area contributed by atoms with Crippen molar-refractivity contribution in [1.82, 2.24) is 9.29 Å². The first-order valence-electron chi connectivity index (χ1n) is 6.45. The minimum absolute atomic E-state index is 0.166. The second kappa shape index (κ2) is 6.30. The number of methoxy groups -OCH3 is 1. The normalized spacial score (nSPS) is 11.6. The summed E-state index contributed by atoms with van der Waals surface area (Å²) >= 11 is 0. The molecule has 0 saturated heterocycles. The molecule has 0 amide bonds. The molecule has 114 valence electrons. The zero-order valence-electron chi connectivity index (χ0n) is 12.0. The summed E-state index contributed by atoms with van der Waals surface area (Å²) in [5.74, 6) is 0.649. The van der Waals surface area contributed by atoms with Crippen LogP contribution in [0, 0.1) is 0 Å². The second-order valence-electron chi connectivity index (χ2n) is 4.62. The molecule has 0 spiro atoms. The summed E-state index contributed by atoms with van der Waals surface area (Å²) in [6.07, 6.45) is 1.55. The molecule has 2 aromatic rings. The number of para-hydroxylation sites is 1. The number of benzene rings is 1. The van der Waals surface area contributed by atoms with Crippen molar-refractivity contribution in [1.29, 1.82) is 0 Å². The molecular weight excluding hydrogens is 290 g/mol. The molecule has 0 aliphatic rings. The number of rotatable bonds is 6. The molecule has 0 fully saturated rings. The number of sulfonamides is 1. The summed E-state index contributed by atoms with van der Waals surface area (Å²) in [6.45, 7) is 0.456. The third kappa shape index (κ3) is 3.44. The second-order valence-corrected chi connectivity index (χ2v) is 6.39. The SMILES string of the molecule is COc1ccccc1CNS(=O)(=O)c1cc(CN)n(C)c1. The molecule has 1 aromatic carbocycles. The molecular formula is C14H19N3O3S. The lowest BCUT2D eigenvalue weighted by Crippen LogP contribution is -2.23. The van der Waals surface area contributed by atoms with Gasteiger partial charge in [-0.1, -0.05) is 18.2 Å². The minimum Gasteiger partial charge on any atom is -0.496 e. The maximum Gasteiger partial charge on any atom is 0.242 e. The van der Waals surface area contributed by atoms with Gasteiger partial charge in [0.1, 0.15) is 5.75 Å². The predicted molar refractivity (Wildman–Crippen MR) is 80.3 cm³/mol. The van der Waals surface area contributed by atoms with Crippen molar-refractivity contribution in [3.63, 3.8) is 0 Å². The number of nitrogens with two attached hydrogens (primary N) is 1. The zero-order valence-corrected chi connectivity index (χ0v) is 12.9. The molecule has 0 aliphatic carbocycles. The fraction of sp³-hybridized carbons (Fsp3) is 0.286. The number of hydrogen-bond acceptors (Lipinski definition) is 4. The summed E-state index contributed by atoms with van der Waals surface area (Å²) in [4.78, 5) is 0.209. The molecule has 0 radical (unpaired) electrons. The number of aromatic nitrogens is 1. The molecule has 1 heterocycles. The zero-order chi connectivity index (χ0) is 15.5. The molecule has 0 unspecified atom stereocenters. The monoisotopic (exact) mass is 309 g/mol. The smallest absolute Gasteiger partial charge is 0.242 e. The van der Waals surface area contributed by atoms with Crippen LogP contribution >= 0.6 is 0 Å². The Balaban J connectivity index is 2.17. The van der Waals surface area contributed by atoms with Crippen molar-refractivity contribution in [3.8, 4) is 5.75 Å². The number of aryl methyl sites for hydroxylation is 1. The Bertz CT molecular complexity index is 723. The van der Waals surface area contributed by atoms with E-state index in [9.17, 15) is 8.42 Å². The van der Waals surface area contributed by atoms with Crippen molar-refractivity contribution >= 4 is 10.0 Å². The lowest BCUT2D eigenvalue weighted by Gasteiger charge is -2.09. The van der Waals surface area contributed by atoms with E-state index in [4.69, 9.17) is 10.5 Å². The summed E-state index contributed by atoms with van der Waals surface area (Å²) in [5.41, 5.74) is 7.09. The summed E-state index contributed by atoms with van der Waals surface area (Å²) in [7, 11) is -0.258. The summed E-state index contributed by atoms with van der Waals surface area (Å²) in [5, 5.41) is 0. The van der Waals surface area contributed by atoms with Gasteiger partial charge in [-0.15, -0.1) is 0 Å². The predicted octanol–water partition coefficient (Wildman–Crippen LogP) is 0.971. The van der Waals surface area contributed by atoms with E-state index in [1.807, 2.05) is 18.2 Å². The van der Waals surface area contributed by atoms with Crippen LogP contribution in [-0.4, -0.2) is 20.1 Å². The first-order valence-corrected chi connectivity index (χ1v) is 7.93. The largest absolute Gasteiger partial charge is 0.496 e. The molecule has 21 heavy (non-hydrogen) atoms. The molecule has 2 rings (SSSR count). The Morgan fingerprint density at radius 3 is 2.67 bits per heavy atom. The van der Waals surface area contributed by atoms with Crippen molar-refractivity contribution in [2.75, 3.05) is 7.11 Å². The maximum absolute atomic E-state index is 12.3. The topological polar surface area (TPSA) is 86.3 Å².